The Morgan fingerprint density at radius 3 is 2.68 bits per heavy atom. The lowest BCUT2D eigenvalue weighted by Crippen LogP contribution is -2.49. The molecule has 1 aromatic rings. The van der Waals surface area contributed by atoms with Crippen molar-refractivity contribution in [3.8, 4) is 0 Å². The number of aromatic nitrogens is 1. The van der Waals surface area contributed by atoms with Gasteiger partial charge in [0.25, 0.3) is 5.91 Å². The molecule has 3 N–H and O–H groups in total. The summed E-state index contributed by atoms with van der Waals surface area (Å²) in [7, 11) is 0. The molecule has 0 aliphatic carbocycles. The van der Waals surface area contributed by atoms with Crippen molar-refractivity contribution in [2.75, 3.05) is 32.7 Å². The molecule has 1 saturated heterocycles. The Kier molecular flexibility index (Phi) is 4.30. The summed E-state index contributed by atoms with van der Waals surface area (Å²) in [4.78, 5) is 38.7. The van der Waals surface area contributed by atoms with Crippen molar-refractivity contribution in [2.24, 2.45) is 0 Å². The van der Waals surface area contributed by atoms with E-state index in [2.05, 4.69) is 15.6 Å². The van der Waals surface area contributed by atoms with Crippen LogP contribution in [0.1, 0.15) is 10.5 Å². The molecule has 0 atom stereocenters. The fraction of sp³-hybridized carbons (Fsp3) is 0.417. The molecule has 1 aromatic heterocycles. The van der Waals surface area contributed by atoms with Gasteiger partial charge < -0.3 is 20.5 Å². The summed E-state index contributed by atoms with van der Waals surface area (Å²) in [6.45, 7) is 2.78. The lowest BCUT2D eigenvalue weighted by atomic mass is 10.3. The lowest BCUT2D eigenvalue weighted by Gasteiger charge is -2.27. The van der Waals surface area contributed by atoms with E-state index in [4.69, 9.17) is 0 Å². The highest BCUT2D eigenvalue weighted by atomic mass is 16.2. The zero-order valence-electron chi connectivity index (χ0n) is 10.4. The van der Waals surface area contributed by atoms with Crippen LogP contribution in [-0.2, 0) is 4.79 Å². The SMILES string of the molecule is O=C(NCC(=O)N1CCNCC1)c1cccc(=O)[nH]1. The van der Waals surface area contributed by atoms with Crippen molar-refractivity contribution in [3.05, 3.63) is 34.2 Å². The van der Waals surface area contributed by atoms with Crippen molar-refractivity contribution < 1.29 is 9.59 Å². The van der Waals surface area contributed by atoms with E-state index < -0.39 is 5.91 Å². The minimum atomic E-state index is -0.457. The lowest BCUT2D eigenvalue weighted by molar-refractivity contribution is -0.130. The first kappa shape index (κ1) is 13.3. The summed E-state index contributed by atoms with van der Waals surface area (Å²) in [5.41, 5.74) is -0.193. The van der Waals surface area contributed by atoms with Crippen LogP contribution in [0, 0.1) is 0 Å². The third-order valence-corrected chi connectivity index (χ3v) is 2.88. The van der Waals surface area contributed by atoms with Crippen molar-refractivity contribution in [2.45, 2.75) is 0 Å². The summed E-state index contributed by atoms with van der Waals surface area (Å²) in [5.74, 6) is -0.575. The van der Waals surface area contributed by atoms with Crippen LogP contribution in [0.3, 0.4) is 0 Å². The zero-order chi connectivity index (χ0) is 13.7. The van der Waals surface area contributed by atoms with E-state index >= 15 is 0 Å². The van der Waals surface area contributed by atoms with E-state index in [-0.39, 0.29) is 23.7 Å². The van der Waals surface area contributed by atoms with Gasteiger partial charge in [-0.2, -0.15) is 0 Å². The summed E-state index contributed by atoms with van der Waals surface area (Å²) in [6.07, 6.45) is 0. The first-order valence-electron chi connectivity index (χ1n) is 6.13. The second-order valence-electron chi connectivity index (χ2n) is 4.24. The maximum atomic E-state index is 11.8. The van der Waals surface area contributed by atoms with Crippen LogP contribution in [0.2, 0.25) is 0 Å². The van der Waals surface area contributed by atoms with E-state index in [9.17, 15) is 14.4 Å². The van der Waals surface area contributed by atoms with E-state index in [0.29, 0.717) is 13.1 Å². The van der Waals surface area contributed by atoms with E-state index in [1.165, 1.54) is 18.2 Å². The second-order valence-corrected chi connectivity index (χ2v) is 4.24. The summed E-state index contributed by atoms with van der Waals surface area (Å²) < 4.78 is 0. The number of hydrogen-bond donors (Lipinski definition) is 3. The maximum Gasteiger partial charge on any atom is 0.268 e. The molecule has 7 heteroatoms. The van der Waals surface area contributed by atoms with Crippen molar-refractivity contribution in [1.82, 2.24) is 20.5 Å². The van der Waals surface area contributed by atoms with Crippen LogP contribution in [0.25, 0.3) is 0 Å². The third-order valence-electron chi connectivity index (χ3n) is 2.88. The molecular formula is C12H16N4O3. The maximum absolute atomic E-state index is 11.8. The largest absolute Gasteiger partial charge is 0.342 e. The van der Waals surface area contributed by atoms with Crippen LogP contribution in [0.15, 0.2) is 23.0 Å². The van der Waals surface area contributed by atoms with Crippen LogP contribution < -0.4 is 16.2 Å². The number of pyridine rings is 1. The number of amides is 2. The molecule has 19 heavy (non-hydrogen) atoms. The van der Waals surface area contributed by atoms with Gasteiger partial charge in [-0.15, -0.1) is 0 Å². The molecule has 1 fully saturated rings. The van der Waals surface area contributed by atoms with Gasteiger partial charge in [0.05, 0.1) is 6.54 Å². The molecule has 0 spiro atoms. The Morgan fingerprint density at radius 2 is 2.00 bits per heavy atom. The molecular weight excluding hydrogens is 248 g/mol. The molecule has 0 unspecified atom stereocenters. The normalized spacial score (nSPS) is 15.1. The standard InChI is InChI=1S/C12H16N4O3/c17-10-3-1-2-9(15-10)12(19)14-8-11(18)16-6-4-13-5-7-16/h1-3,13H,4-8H2,(H,14,19)(H,15,17). The second kappa shape index (κ2) is 6.14. The topological polar surface area (TPSA) is 94.3 Å². The first-order valence-corrected chi connectivity index (χ1v) is 6.13. The third kappa shape index (κ3) is 3.65. The molecule has 2 heterocycles. The number of carbonyl (C=O) groups excluding carboxylic acids is 2. The monoisotopic (exact) mass is 264 g/mol. The highest BCUT2D eigenvalue weighted by Gasteiger charge is 2.17. The van der Waals surface area contributed by atoms with Crippen molar-refractivity contribution in [3.63, 3.8) is 0 Å². The highest BCUT2D eigenvalue weighted by molar-refractivity contribution is 5.94. The summed E-state index contributed by atoms with van der Waals surface area (Å²) in [6, 6.07) is 4.31. The number of hydrogen-bond acceptors (Lipinski definition) is 4. The van der Waals surface area contributed by atoms with Crippen LogP contribution in [0.5, 0.6) is 0 Å². The Bertz CT molecular complexity index is 520. The van der Waals surface area contributed by atoms with Crippen LogP contribution in [0.4, 0.5) is 0 Å². The van der Waals surface area contributed by atoms with E-state index in [1.807, 2.05) is 0 Å². The average molecular weight is 264 g/mol. The summed E-state index contributed by atoms with van der Waals surface area (Å²) >= 11 is 0. The molecule has 1 aliphatic heterocycles. The van der Waals surface area contributed by atoms with Gasteiger partial charge in [0.1, 0.15) is 5.69 Å². The van der Waals surface area contributed by atoms with Gasteiger partial charge in [0.2, 0.25) is 11.5 Å². The van der Waals surface area contributed by atoms with E-state index in [1.54, 1.807) is 4.90 Å². The molecule has 0 radical (unpaired) electrons. The van der Waals surface area contributed by atoms with Crippen LogP contribution in [-0.4, -0.2) is 54.4 Å². The van der Waals surface area contributed by atoms with Crippen LogP contribution >= 0.6 is 0 Å². The van der Waals surface area contributed by atoms with Crippen molar-refractivity contribution >= 4 is 11.8 Å². The fourth-order valence-corrected chi connectivity index (χ4v) is 1.86. The number of rotatable bonds is 3. The fourth-order valence-electron chi connectivity index (χ4n) is 1.86. The quantitative estimate of drug-likeness (QED) is 0.621. The number of carbonyl (C=O) groups is 2. The number of piperazine rings is 1. The van der Waals surface area contributed by atoms with Gasteiger partial charge in [-0.05, 0) is 6.07 Å². The zero-order valence-corrected chi connectivity index (χ0v) is 10.4. The molecule has 0 aromatic carbocycles. The predicted molar refractivity (Wildman–Crippen MR) is 68.8 cm³/mol. The molecule has 1 aliphatic rings. The Morgan fingerprint density at radius 1 is 1.26 bits per heavy atom. The Hall–Kier alpha value is -2.15. The summed E-state index contributed by atoms with van der Waals surface area (Å²) in [5, 5.41) is 5.65. The molecule has 2 rings (SSSR count). The van der Waals surface area contributed by atoms with E-state index in [0.717, 1.165) is 13.1 Å². The number of nitrogens with zero attached hydrogens (tertiary/aromatic N) is 1. The smallest absolute Gasteiger partial charge is 0.268 e. The number of nitrogens with one attached hydrogen (secondary N) is 3. The Balaban J connectivity index is 1.86. The predicted octanol–water partition coefficient (Wildman–Crippen LogP) is -1.46. The van der Waals surface area contributed by atoms with Gasteiger partial charge >= 0.3 is 0 Å². The molecule has 102 valence electrons. The highest BCUT2D eigenvalue weighted by Crippen LogP contribution is 1.94. The number of H-pyrrole nitrogens is 1. The van der Waals surface area contributed by atoms with Gasteiger partial charge in [-0.25, -0.2) is 0 Å². The van der Waals surface area contributed by atoms with Gasteiger partial charge in [0, 0.05) is 32.2 Å². The Labute approximate surface area is 110 Å². The molecule has 2 amide bonds. The minimum Gasteiger partial charge on any atom is -0.342 e. The van der Waals surface area contributed by atoms with Gasteiger partial charge in [-0.3, -0.25) is 14.4 Å². The molecule has 0 bridgehead atoms. The average Bonchev–Trinajstić information content (AvgIpc) is 2.45. The van der Waals surface area contributed by atoms with Gasteiger partial charge in [-0.1, -0.05) is 6.07 Å². The first-order chi connectivity index (χ1) is 9.16. The van der Waals surface area contributed by atoms with Gasteiger partial charge in [0.15, 0.2) is 0 Å². The molecule has 7 nitrogen and oxygen atoms in total. The van der Waals surface area contributed by atoms with Crippen molar-refractivity contribution in [1.29, 1.82) is 0 Å². The minimum absolute atomic E-state index is 0.0598. The number of aromatic amines is 1. The molecule has 0 saturated carbocycles.